The van der Waals surface area contributed by atoms with Crippen molar-refractivity contribution < 1.29 is 8.83 Å². The minimum absolute atomic E-state index is 0.580. The van der Waals surface area contributed by atoms with Crippen LogP contribution in [0.15, 0.2) is 221 Å². The molecule has 0 aliphatic heterocycles. The molecule has 0 amide bonds. The third kappa shape index (κ3) is 5.64. The summed E-state index contributed by atoms with van der Waals surface area (Å²) < 4.78 is 12.6. The van der Waals surface area contributed by atoms with Crippen molar-refractivity contribution >= 4 is 83.5 Å². The van der Waals surface area contributed by atoms with Gasteiger partial charge < -0.3 is 8.83 Å². The largest absolute Gasteiger partial charge is 0.456 e. The van der Waals surface area contributed by atoms with E-state index in [0.29, 0.717) is 17.5 Å². The molecule has 0 bridgehead atoms. The van der Waals surface area contributed by atoms with Gasteiger partial charge in [0, 0.05) is 38.2 Å². The predicted octanol–water partition coefficient (Wildman–Crippen LogP) is 11.2. The second-order valence-corrected chi connectivity index (χ2v) is 19.3. The highest BCUT2D eigenvalue weighted by Gasteiger charge is 2.41. The Balaban J connectivity index is 1.10. The van der Waals surface area contributed by atoms with E-state index in [1.54, 1.807) is 0 Å². The van der Waals surface area contributed by atoms with E-state index in [1.165, 1.54) is 20.7 Å². The Morgan fingerprint density at radius 2 is 0.803 bits per heavy atom. The van der Waals surface area contributed by atoms with Crippen molar-refractivity contribution in [3.8, 4) is 34.2 Å². The van der Waals surface area contributed by atoms with Crippen molar-refractivity contribution in [2.75, 3.05) is 0 Å². The topological polar surface area (TPSA) is 65.0 Å². The fourth-order valence-electron chi connectivity index (χ4n) is 9.36. The van der Waals surface area contributed by atoms with Gasteiger partial charge in [-0.15, -0.1) is 0 Å². The molecule has 0 N–H and O–H groups in total. The van der Waals surface area contributed by atoms with Crippen LogP contribution in [0.1, 0.15) is 0 Å². The number of benzene rings is 9. The van der Waals surface area contributed by atoms with E-state index in [0.717, 1.165) is 71.3 Å². The second kappa shape index (κ2) is 14.1. The first-order valence-corrected chi connectivity index (χ1v) is 22.5. The molecule has 0 atom stereocenters. The summed E-state index contributed by atoms with van der Waals surface area (Å²) in [7, 11) is -2.84. The molecule has 3 aromatic heterocycles. The van der Waals surface area contributed by atoms with Crippen molar-refractivity contribution in [2.45, 2.75) is 0 Å². The van der Waals surface area contributed by atoms with Gasteiger partial charge in [0.1, 0.15) is 22.3 Å². The van der Waals surface area contributed by atoms with Gasteiger partial charge in [-0.3, -0.25) is 0 Å². The van der Waals surface area contributed by atoms with Gasteiger partial charge in [0.2, 0.25) is 0 Å². The van der Waals surface area contributed by atoms with Gasteiger partial charge in [0.25, 0.3) is 0 Å². The zero-order valence-electron chi connectivity index (χ0n) is 32.9. The van der Waals surface area contributed by atoms with E-state index in [9.17, 15) is 0 Å². The van der Waals surface area contributed by atoms with Gasteiger partial charge in [-0.25, -0.2) is 15.0 Å². The summed E-state index contributed by atoms with van der Waals surface area (Å²) in [5.74, 6) is 1.77. The highest BCUT2D eigenvalue weighted by molar-refractivity contribution is 7.19. The van der Waals surface area contributed by atoms with Crippen LogP contribution in [0.25, 0.3) is 88.8 Å². The third-order valence-corrected chi connectivity index (χ3v) is 16.8. The van der Waals surface area contributed by atoms with Gasteiger partial charge >= 0.3 is 0 Å². The standard InChI is InChI=1S/C55H35N3O2Si/c1-4-17-39(18-5-1)61(40-19-6-2-7-20-40,41-21-8-3-9-22-41)42-23-14-16-37(35-42)53-56-54(58-55(57-53)46-26-15-29-49-52(46)45-25-11-13-28-48(45)59-49)38-30-32-43-36(34-38)31-33-50-51(43)44-24-10-12-27-47(44)60-50/h1-35H. The first-order valence-electron chi connectivity index (χ1n) is 20.5. The molecule has 61 heavy (non-hydrogen) atoms. The fourth-order valence-corrected chi connectivity index (χ4v) is 14.2. The van der Waals surface area contributed by atoms with Crippen molar-refractivity contribution in [3.05, 3.63) is 212 Å². The lowest BCUT2D eigenvalue weighted by atomic mass is 10.0. The molecule has 3 heterocycles. The monoisotopic (exact) mass is 797 g/mol. The van der Waals surface area contributed by atoms with Gasteiger partial charge in [0.15, 0.2) is 25.5 Å². The van der Waals surface area contributed by atoms with Crippen LogP contribution in [-0.4, -0.2) is 23.0 Å². The van der Waals surface area contributed by atoms with Crippen LogP contribution in [-0.2, 0) is 0 Å². The predicted molar refractivity (Wildman–Crippen MR) is 252 cm³/mol. The average Bonchev–Trinajstić information content (AvgIpc) is 3.92. The van der Waals surface area contributed by atoms with E-state index in [-0.39, 0.29) is 0 Å². The summed E-state index contributed by atoms with van der Waals surface area (Å²) in [6.07, 6.45) is 0. The smallest absolute Gasteiger partial charge is 0.179 e. The molecule has 0 fully saturated rings. The van der Waals surface area contributed by atoms with Gasteiger partial charge in [-0.1, -0.05) is 182 Å². The maximum atomic E-state index is 6.36. The number of para-hydroxylation sites is 2. The second-order valence-electron chi connectivity index (χ2n) is 15.5. The van der Waals surface area contributed by atoms with Crippen molar-refractivity contribution in [1.82, 2.24) is 15.0 Å². The number of rotatable bonds is 7. The van der Waals surface area contributed by atoms with E-state index >= 15 is 0 Å². The molecule has 6 heteroatoms. The molecule has 0 spiro atoms. The molecule has 0 radical (unpaired) electrons. The summed E-state index contributed by atoms with van der Waals surface area (Å²) in [6, 6.07) is 74.9. The Hall–Kier alpha value is -7.93. The van der Waals surface area contributed by atoms with Crippen molar-refractivity contribution in [1.29, 1.82) is 0 Å². The maximum absolute atomic E-state index is 6.36. The molecular formula is C55H35N3O2Si. The molecule has 286 valence electrons. The van der Waals surface area contributed by atoms with Crippen LogP contribution in [0.3, 0.4) is 0 Å². The van der Waals surface area contributed by atoms with Crippen LogP contribution in [0, 0.1) is 0 Å². The normalized spacial score (nSPS) is 11.9. The minimum atomic E-state index is -2.84. The molecule has 5 nitrogen and oxygen atoms in total. The summed E-state index contributed by atoms with van der Waals surface area (Å²) >= 11 is 0. The molecular weight excluding hydrogens is 763 g/mol. The molecule has 9 aromatic carbocycles. The van der Waals surface area contributed by atoms with Gasteiger partial charge in [-0.2, -0.15) is 0 Å². The molecule has 12 rings (SSSR count). The zero-order chi connectivity index (χ0) is 40.3. The summed E-state index contributed by atoms with van der Waals surface area (Å²) in [4.78, 5) is 16.0. The lowest BCUT2D eigenvalue weighted by Gasteiger charge is -2.34. The van der Waals surface area contributed by atoms with Gasteiger partial charge in [-0.05, 0) is 61.9 Å². The van der Waals surface area contributed by atoms with Gasteiger partial charge in [0.05, 0.1) is 0 Å². The number of nitrogens with zero attached hydrogens (tertiary/aromatic N) is 3. The van der Waals surface area contributed by atoms with Crippen molar-refractivity contribution in [2.24, 2.45) is 0 Å². The van der Waals surface area contributed by atoms with Crippen LogP contribution < -0.4 is 20.7 Å². The summed E-state index contributed by atoms with van der Waals surface area (Å²) in [6.45, 7) is 0. The Bertz CT molecular complexity index is 3500. The number of aromatic nitrogens is 3. The summed E-state index contributed by atoms with van der Waals surface area (Å²) in [5, 5.41) is 11.5. The molecule has 0 saturated heterocycles. The molecule has 0 aliphatic rings. The fraction of sp³-hybridized carbons (Fsp3) is 0. The van der Waals surface area contributed by atoms with E-state index < -0.39 is 8.07 Å². The van der Waals surface area contributed by atoms with Crippen LogP contribution in [0.5, 0.6) is 0 Å². The quantitative estimate of drug-likeness (QED) is 0.119. The van der Waals surface area contributed by atoms with Crippen LogP contribution in [0.2, 0.25) is 0 Å². The SMILES string of the molecule is c1ccc([Si](c2ccccc2)(c2ccccc2)c2cccc(-c3nc(-c4ccc5c(ccc6oc7ccccc7c65)c4)nc(-c4cccc5oc6ccccc6c45)n3)c2)cc1. The average molecular weight is 798 g/mol. The minimum Gasteiger partial charge on any atom is -0.456 e. The van der Waals surface area contributed by atoms with E-state index in [2.05, 4.69) is 170 Å². The maximum Gasteiger partial charge on any atom is 0.179 e. The van der Waals surface area contributed by atoms with E-state index in [1.807, 2.05) is 42.5 Å². The zero-order valence-corrected chi connectivity index (χ0v) is 33.9. The van der Waals surface area contributed by atoms with Crippen molar-refractivity contribution in [3.63, 3.8) is 0 Å². The Morgan fingerprint density at radius 1 is 0.311 bits per heavy atom. The lowest BCUT2D eigenvalue weighted by Crippen LogP contribution is -2.74. The highest BCUT2D eigenvalue weighted by Crippen LogP contribution is 2.38. The Morgan fingerprint density at radius 3 is 1.44 bits per heavy atom. The first-order chi connectivity index (χ1) is 30.2. The number of hydrogen-bond acceptors (Lipinski definition) is 5. The molecule has 0 saturated carbocycles. The lowest BCUT2D eigenvalue weighted by molar-refractivity contribution is 0.668. The van der Waals surface area contributed by atoms with E-state index in [4.69, 9.17) is 23.8 Å². The first kappa shape index (κ1) is 35.0. The van der Waals surface area contributed by atoms with Crippen LogP contribution in [0.4, 0.5) is 0 Å². The number of hydrogen-bond donors (Lipinski definition) is 0. The Labute approximate surface area is 352 Å². The molecule has 0 unspecified atom stereocenters. The Kier molecular flexibility index (Phi) is 8.11. The molecule has 12 aromatic rings. The van der Waals surface area contributed by atoms with Crippen LogP contribution >= 0.6 is 0 Å². The number of furan rings is 2. The third-order valence-electron chi connectivity index (χ3n) is 12.1. The summed E-state index contributed by atoms with van der Waals surface area (Å²) in [5.41, 5.74) is 6.05. The number of fused-ring (bicyclic) bond motifs is 8. The molecule has 0 aliphatic carbocycles. The highest BCUT2D eigenvalue weighted by atomic mass is 28.3.